The van der Waals surface area contributed by atoms with Crippen molar-refractivity contribution < 1.29 is 4.74 Å². The third-order valence-electron chi connectivity index (χ3n) is 3.93. The number of nitrogens with two attached hydrogens (primary N) is 1. The molecule has 0 amide bonds. The Morgan fingerprint density at radius 1 is 1.28 bits per heavy atom. The van der Waals surface area contributed by atoms with Crippen LogP contribution in [0, 0.1) is 0 Å². The standard InChI is InChI=1S/C15H24N2O/c1-17(13-6-4-3-5-7-13)11-12-8-9-14(16)15(10-12)18-2/h8-10,13H,3-7,11,16H2,1-2H3. The second kappa shape index (κ2) is 6.10. The van der Waals surface area contributed by atoms with Gasteiger partial charge in [-0.2, -0.15) is 0 Å². The molecule has 0 bridgehead atoms. The van der Waals surface area contributed by atoms with Gasteiger partial charge in [0.05, 0.1) is 12.8 Å². The fourth-order valence-corrected chi connectivity index (χ4v) is 2.79. The summed E-state index contributed by atoms with van der Waals surface area (Å²) < 4.78 is 5.27. The van der Waals surface area contributed by atoms with Crippen molar-refractivity contribution in [2.45, 2.75) is 44.7 Å². The van der Waals surface area contributed by atoms with E-state index in [-0.39, 0.29) is 0 Å². The van der Waals surface area contributed by atoms with Gasteiger partial charge in [-0.3, -0.25) is 4.90 Å². The van der Waals surface area contributed by atoms with Crippen LogP contribution in [0.2, 0.25) is 0 Å². The van der Waals surface area contributed by atoms with E-state index >= 15 is 0 Å². The van der Waals surface area contributed by atoms with Crippen LogP contribution in [0.15, 0.2) is 18.2 Å². The Morgan fingerprint density at radius 2 is 2.00 bits per heavy atom. The number of rotatable bonds is 4. The molecule has 0 radical (unpaired) electrons. The molecule has 100 valence electrons. The number of anilines is 1. The highest BCUT2D eigenvalue weighted by molar-refractivity contribution is 5.53. The van der Waals surface area contributed by atoms with Gasteiger partial charge >= 0.3 is 0 Å². The first kappa shape index (κ1) is 13.2. The first-order valence-corrected chi connectivity index (χ1v) is 6.83. The highest BCUT2D eigenvalue weighted by Gasteiger charge is 2.18. The molecule has 18 heavy (non-hydrogen) atoms. The molecule has 1 aromatic carbocycles. The van der Waals surface area contributed by atoms with Crippen LogP contribution in [0.1, 0.15) is 37.7 Å². The van der Waals surface area contributed by atoms with Gasteiger partial charge in [0.25, 0.3) is 0 Å². The lowest BCUT2D eigenvalue weighted by atomic mass is 9.94. The van der Waals surface area contributed by atoms with E-state index in [1.54, 1.807) is 7.11 Å². The number of hydrogen-bond acceptors (Lipinski definition) is 3. The molecule has 0 aromatic heterocycles. The number of nitrogen functional groups attached to an aromatic ring is 1. The van der Waals surface area contributed by atoms with Gasteiger partial charge in [-0.15, -0.1) is 0 Å². The van der Waals surface area contributed by atoms with Crippen molar-refractivity contribution in [3.63, 3.8) is 0 Å². The highest BCUT2D eigenvalue weighted by atomic mass is 16.5. The third-order valence-corrected chi connectivity index (χ3v) is 3.93. The zero-order valence-corrected chi connectivity index (χ0v) is 11.5. The van der Waals surface area contributed by atoms with Gasteiger partial charge in [0.2, 0.25) is 0 Å². The smallest absolute Gasteiger partial charge is 0.142 e. The Kier molecular flexibility index (Phi) is 4.48. The summed E-state index contributed by atoms with van der Waals surface area (Å²) >= 11 is 0. The molecule has 1 saturated carbocycles. The van der Waals surface area contributed by atoms with Crippen LogP contribution in [-0.4, -0.2) is 25.1 Å². The number of methoxy groups -OCH3 is 1. The van der Waals surface area contributed by atoms with E-state index in [1.807, 2.05) is 6.07 Å². The lowest BCUT2D eigenvalue weighted by Gasteiger charge is -2.31. The number of nitrogens with zero attached hydrogens (tertiary/aromatic N) is 1. The van der Waals surface area contributed by atoms with Crippen LogP contribution in [-0.2, 0) is 6.54 Å². The lowest BCUT2D eigenvalue weighted by molar-refractivity contribution is 0.184. The number of hydrogen-bond donors (Lipinski definition) is 1. The largest absolute Gasteiger partial charge is 0.495 e. The van der Waals surface area contributed by atoms with Crippen LogP contribution in [0.3, 0.4) is 0 Å². The molecule has 2 rings (SSSR count). The van der Waals surface area contributed by atoms with E-state index in [0.717, 1.165) is 18.3 Å². The molecule has 1 fully saturated rings. The van der Waals surface area contributed by atoms with Crippen LogP contribution in [0.5, 0.6) is 5.75 Å². The van der Waals surface area contributed by atoms with E-state index in [9.17, 15) is 0 Å². The molecule has 1 aliphatic carbocycles. The van der Waals surface area contributed by atoms with Crippen molar-refractivity contribution in [3.8, 4) is 5.75 Å². The summed E-state index contributed by atoms with van der Waals surface area (Å²) in [6, 6.07) is 6.82. The Balaban J connectivity index is 1.99. The summed E-state index contributed by atoms with van der Waals surface area (Å²) in [7, 11) is 3.89. The zero-order chi connectivity index (χ0) is 13.0. The maximum absolute atomic E-state index is 5.83. The maximum Gasteiger partial charge on any atom is 0.142 e. The summed E-state index contributed by atoms with van der Waals surface area (Å²) in [4.78, 5) is 2.46. The first-order valence-electron chi connectivity index (χ1n) is 6.83. The van der Waals surface area contributed by atoms with Gasteiger partial charge in [0.1, 0.15) is 5.75 Å². The van der Waals surface area contributed by atoms with Crippen LogP contribution in [0.4, 0.5) is 5.69 Å². The topological polar surface area (TPSA) is 38.5 Å². The van der Waals surface area contributed by atoms with E-state index in [0.29, 0.717) is 5.69 Å². The van der Waals surface area contributed by atoms with Crippen LogP contribution < -0.4 is 10.5 Å². The molecular formula is C15H24N2O. The van der Waals surface area contributed by atoms with Gasteiger partial charge in [0.15, 0.2) is 0 Å². The SMILES string of the molecule is COc1cc(CN(C)C2CCCCC2)ccc1N. The fraction of sp³-hybridized carbons (Fsp3) is 0.600. The highest BCUT2D eigenvalue weighted by Crippen LogP contribution is 2.26. The average molecular weight is 248 g/mol. The molecule has 0 heterocycles. The molecule has 3 nitrogen and oxygen atoms in total. The minimum absolute atomic E-state index is 0.710. The quantitative estimate of drug-likeness (QED) is 0.832. The number of benzene rings is 1. The fourth-order valence-electron chi connectivity index (χ4n) is 2.79. The van der Waals surface area contributed by atoms with E-state index in [2.05, 4.69) is 24.1 Å². The monoisotopic (exact) mass is 248 g/mol. The minimum Gasteiger partial charge on any atom is -0.495 e. The van der Waals surface area contributed by atoms with Gasteiger partial charge < -0.3 is 10.5 Å². The van der Waals surface area contributed by atoms with Gasteiger partial charge in [0, 0.05) is 12.6 Å². The summed E-state index contributed by atoms with van der Waals surface area (Å²) in [6.45, 7) is 0.974. The predicted molar refractivity (Wildman–Crippen MR) is 75.7 cm³/mol. The van der Waals surface area contributed by atoms with Crippen molar-refractivity contribution in [1.29, 1.82) is 0 Å². The molecule has 1 aromatic rings. The van der Waals surface area contributed by atoms with Gasteiger partial charge in [-0.25, -0.2) is 0 Å². The summed E-state index contributed by atoms with van der Waals surface area (Å²) in [5.74, 6) is 0.782. The Labute approximate surface area is 110 Å². The summed E-state index contributed by atoms with van der Waals surface area (Å²) in [5.41, 5.74) is 7.82. The molecule has 0 unspecified atom stereocenters. The average Bonchev–Trinajstić information content (AvgIpc) is 2.42. The Hall–Kier alpha value is -1.22. The minimum atomic E-state index is 0.710. The van der Waals surface area contributed by atoms with Crippen molar-refractivity contribution in [2.24, 2.45) is 0 Å². The lowest BCUT2D eigenvalue weighted by Crippen LogP contribution is -2.32. The van der Waals surface area contributed by atoms with Crippen LogP contribution in [0.25, 0.3) is 0 Å². The maximum atomic E-state index is 5.83. The predicted octanol–water partition coefficient (Wildman–Crippen LogP) is 3.04. The zero-order valence-electron chi connectivity index (χ0n) is 11.5. The number of ether oxygens (including phenoxy) is 1. The third kappa shape index (κ3) is 3.16. The van der Waals surface area contributed by atoms with Crippen molar-refractivity contribution >= 4 is 5.69 Å². The molecule has 0 aliphatic heterocycles. The van der Waals surface area contributed by atoms with Crippen molar-refractivity contribution in [2.75, 3.05) is 19.9 Å². The molecule has 0 saturated heterocycles. The molecule has 0 spiro atoms. The van der Waals surface area contributed by atoms with Crippen LogP contribution >= 0.6 is 0 Å². The van der Waals surface area contributed by atoms with E-state index in [4.69, 9.17) is 10.5 Å². The second-order valence-electron chi connectivity index (χ2n) is 5.28. The molecule has 3 heteroatoms. The van der Waals surface area contributed by atoms with E-state index in [1.165, 1.54) is 37.7 Å². The summed E-state index contributed by atoms with van der Waals surface area (Å²) in [6.07, 6.45) is 6.82. The molecule has 0 atom stereocenters. The normalized spacial score (nSPS) is 17.1. The van der Waals surface area contributed by atoms with Gasteiger partial charge in [-0.05, 0) is 37.6 Å². The van der Waals surface area contributed by atoms with Crippen molar-refractivity contribution in [3.05, 3.63) is 23.8 Å². The Bertz CT molecular complexity index is 386. The molecular weight excluding hydrogens is 224 g/mol. The summed E-state index contributed by atoms with van der Waals surface area (Å²) in [5, 5.41) is 0. The van der Waals surface area contributed by atoms with E-state index < -0.39 is 0 Å². The van der Waals surface area contributed by atoms with Gasteiger partial charge in [-0.1, -0.05) is 25.3 Å². The Morgan fingerprint density at radius 3 is 2.67 bits per heavy atom. The van der Waals surface area contributed by atoms with Crippen molar-refractivity contribution in [1.82, 2.24) is 4.90 Å². The first-order chi connectivity index (χ1) is 8.70. The molecule has 1 aliphatic rings. The second-order valence-corrected chi connectivity index (χ2v) is 5.28. The molecule has 2 N–H and O–H groups in total.